The normalized spacial score (nSPS) is 16.4. The Kier molecular flexibility index (Phi) is 3.14. The Morgan fingerprint density at radius 1 is 1.03 bits per heavy atom. The summed E-state index contributed by atoms with van der Waals surface area (Å²) >= 11 is 0. The van der Waals surface area contributed by atoms with Gasteiger partial charge in [0.05, 0.1) is 20.4 Å². The number of furan rings is 1. The molecule has 0 saturated carbocycles. The first-order chi connectivity index (χ1) is 20.3. The van der Waals surface area contributed by atoms with E-state index in [1.165, 1.54) is 6.07 Å². The highest BCUT2D eigenvalue weighted by Crippen LogP contribution is 2.44. The van der Waals surface area contributed by atoms with Crippen molar-refractivity contribution in [2.75, 3.05) is 0 Å². The van der Waals surface area contributed by atoms with E-state index in [2.05, 4.69) is 4.85 Å². The number of pyridine rings is 1. The van der Waals surface area contributed by atoms with Gasteiger partial charge in [-0.15, -0.1) is 0 Å². The predicted octanol–water partition coefficient (Wildman–Crippen LogP) is 8.34. The first kappa shape index (κ1) is 13.1. The molecule has 0 bridgehead atoms. The van der Waals surface area contributed by atoms with Crippen LogP contribution in [0.25, 0.3) is 49.2 Å². The van der Waals surface area contributed by atoms with Crippen molar-refractivity contribution in [1.29, 1.82) is 0 Å². The average molecular weight is 456 g/mol. The zero-order valence-corrected chi connectivity index (χ0v) is 19.6. The molecule has 2 heterocycles. The smallest absolute Gasteiger partial charge is 0.216 e. The molecule has 5 aromatic rings. The topological polar surface area (TPSA) is 21.4 Å². The van der Waals surface area contributed by atoms with Crippen molar-refractivity contribution >= 4 is 27.6 Å². The maximum absolute atomic E-state index is 9.29. The van der Waals surface area contributed by atoms with Gasteiger partial charge in [-0.25, -0.2) is 4.85 Å². The maximum atomic E-state index is 9.29. The van der Waals surface area contributed by atoms with Crippen LogP contribution in [0.15, 0.2) is 64.9 Å². The number of nitrogens with zero attached hydrogens (tertiary/aromatic N) is 2. The number of aryl methyl sites for hydroxylation is 1. The van der Waals surface area contributed by atoms with Gasteiger partial charge in [-0.1, -0.05) is 68.3 Å². The minimum absolute atomic E-state index is 0.0382. The molecule has 3 aromatic carbocycles. The van der Waals surface area contributed by atoms with Gasteiger partial charge in [-0.05, 0) is 36.4 Å². The number of benzene rings is 3. The second-order valence-corrected chi connectivity index (χ2v) is 8.55. The van der Waals surface area contributed by atoms with Gasteiger partial charge in [0.2, 0.25) is 5.69 Å². The Bertz CT molecular complexity index is 2070. The lowest BCUT2D eigenvalue weighted by Gasteiger charge is -2.14. The Morgan fingerprint density at radius 3 is 2.35 bits per heavy atom. The van der Waals surface area contributed by atoms with Gasteiger partial charge in [-0.2, -0.15) is 4.57 Å². The minimum Gasteiger partial charge on any atom is -0.456 e. The molecule has 3 nitrogen and oxygen atoms in total. The number of rotatable bonds is 3. The summed E-state index contributed by atoms with van der Waals surface area (Å²) in [6, 6.07) is 4.14. The van der Waals surface area contributed by atoms with Crippen LogP contribution in [0.3, 0.4) is 0 Å². The summed E-state index contributed by atoms with van der Waals surface area (Å²) in [7, 11) is 1.66. The van der Waals surface area contributed by atoms with Crippen LogP contribution < -0.4 is 4.57 Å². The Balaban J connectivity index is 2.00. The van der Waals surface area contributed by atoms with Gasteiger partial charge in [0.15, 0.2) is 11.4 Å². The van der Waals surface area contributed by atoms with Gasteiger partial charge in [0.1, 0.15) is 18.2 Å². The molecule has 0 amide bonds. The van der Waals surface area contributed by atoms with Crippen molar-refractivity contribution in [3.05, 3.63) is 94.3 Å². The zero-order chi connectivity index (χ0) is 32.8. The molecule has 0 saturated heterocycles. The molecule has 2 aromatic heterocycles. The third kappa shape index (κ3) is 3.22. The van der Waals surface area contributed by atoms with Gasteiger partial charge in [0.25, 0.3) is 0 Å². The number of aromatic nitrogens is 1. The van der Waals surface area contributed by atoms with E-state index < -0.39 is 43.0 Å². The van der Waals surface area contributed by atoms with Crippen molar-refractivity contribution in [3.63, 3.8) is 0 Å². The summed E-state index contributed by atoms with van der Waals surface area (Å²) in [5.41, 5.74) is 2.31. The average Bonchev–Trinajstić information content (AvgIpc) is 3.31. The number of hydrogen-bond donors (Lipinski definition) is 0. The van der Waals surface area contributed by atoms with Crippen LogP contribution >= 0.6 is 0 Å². The molecule has 0 atom stereocenters. The van der Waals surface area contributed by atoms with Crippen LogP contribution in [0.1, 0.15) is 55.8 Å². The van der Waals surface area contributed by atoms with Crippen LogP contribution in [0, 0.1) is 27.3 Å². The molecule has 0 aliphatic rings. The molecule has 0 aliphatic heterocycles. The molecule has 0 spiro atoms. The molecule has 0 N–H and O–H groups in total. The SMILES string of the molecule is [2H]c1c([2H])c([2H])c(-c2c([N+]#[C-])ccc3c2oc2c(-c4c([2H])c(C([2H])(C)C)c(C([2H])([2H])[2H])c(C)[n+]4C)c(C)ccc23)c([2H])c1[2H]. The largest absolute Gasteiger partial charge is 0.456 e. The van der Waals surface area contributed by atoms with Crippen molar-refractivity contribution in [2.45, 2.75) is 40.4 Å². The predicted molar refractivity (Wildman–Crippen MR) is 140 cm³/mol. The van der Waals surface area contributed by atoms with Crippen molar-refractivity contribution in [1.82, 2.24) is 0 Å². The maximum Gasteiger partial charge on any atom is 0.216 e. The fourth-order valence-electron chi connectivity index (χ4n) is 4.38. The molecule has 0 radical (unpaired) electrons. The third-order valence-electron chi connectivity index (χ3n) is 6.30. The lowest BCUT2D eigenvalue weighted by atomic mass is 9.93. The standard InChI is InChI=1S/C31H29N2O/c1-18(2)25-17-27(33(7)21(5)20(25)4)28-19(3)13-14-23-24-15-16-26(32-6)29(31(24)34-30(23)28)22-11-9-8-10-12-22/h8-18H,1-5,7H3/q+1/i4D3,8D,9D,10D,11D,12D,17D,18D. The van der Waals surface area contributed by atoms with E-state index in [4.69, 9.17) is 23.3 Å². The summed E-state index contributed by atoms with van der Waals surface area (Å²) in [4.78, 5) is 3.59. The number of hydrogen-bond acceptors (Lipinski definition) is 1. The monoisotopic (exact) mass is 455 g/mol. The minimum atomic E-state index is -2.57. The molecule has 34 heavy (non-hydrogen) atoms. The molecule has 0 aliphatic carbocycles. The molecular weight excluding hydrogens is 416 g/mol. The van der Waals surface area contributed by atoms with Crippen LogP contribution in [0.2, 0.25) is 0 Å². The lowest BCUT2D eigenvalue weighted by molar-refractivity contribution is -0.667. The van der Waals surface area contributed by atoms with Crippen LogP contribution in [0.5, 0.6) is 0 Å². The molecule has 168 valence electrons. The van der Waals surface area contributed by atoms with Gasteiger partial charge >= 0.3 is 0 Å². The van der Waals surface area contributed by atoms with E-state index >= 15 is 0 Å². The van der Waals surface area contributed by atoms with Crippen LogP contribution in [0.4, 0.5) is 5.69 Å². The Labute approximate surface area is 215 Å². The van der Waals surface area contributed by atoms with Crippen molar-refractivity contribution < 1.29 is 22.7 Å². The fourth-order valence-corrected chi connectivity index (χ4v) is 4.38. The zero-order valence-electron chi connectivity index (χ0n) is 29.6. The van der Waals surface area contributed by atoms with E-state index in [0.29, 0.717) is 38.9 Å². The summed E-state index contributed by atoms with van der Waals surface area (Å²) in [6.07, 6.45) is 0. The Morgan fingerprint density at radius 2 is 1.71 bits per heavy atom. The van der Waals surface area contributed by atoms with Crippen molar-refractivity contribution in [3.8, 4) is 22.4 Å². The van der Waals surface area contributed by atoms with Gasteiger partial charge in [-0.3, -0.25) is 0 Å². The lowest BCUT2D eigenvalue weighted by Crippen LogP contribution is -2.36. The van der Waals surface area contributed by atoms with E-state index in [0.717, 1.165) is 0 Å². The molecule has 3 heteroatoms. The van der Waals surface area contributed by atoms with Crippen LogP contribution in [-0.4, -0.2) is 0 Å². The quantitative estimate of drug-likeness (QED) is 0.198. The fraction of sp³-hybridized carbons (Fsp3) is 0.226. The second kappa shape index (κ2) is 8.15. The molecule has 5 rings (SSSR count). The van der Waals surface area contributed by atoms with E-state index in [-0.39, 0.29) is 39.6 Å². The van der Waals surface area contributed by atoms with Gasteiger partial charge < -0.3 is 4.42 Å². The van der Waals surface area contributed by atoms with Gasteiger partial charge in [0, 0.05) is 40.3 Å². The summed E-state index contributed by atoms with van der Waals surface area (Å²) in [6.45, 7) is 11.8. The first-order valence-corrected chi connectivity index (χ1v) is 10.8. The molecule has 0 unspecified atom stereocenters. The van der Waals surface area contributed by atoms with E-state index in [9.17, 15) is 1.37 Å². The second-order valence-electron chi connectivity index (χ2n) is 8.55. The third-order valence-corrected chi connectivity index (χ3v) is 6.30. The summed E-state index contributed by atoms with van der Waals surface area (Å²) in [5, 5.41) is 1.12. The van der Waals surface area contributed by atoms with E-state index in [1.807, 2.05) is 19.1 Å². The highest BCUT2D eigenvalue weighted by atomic mass is 16.3. The summed E-state index contributed by atoms with van der Waals surface area (Å²) in [5.74, 6) is -1.43. The molecule has 0 fully saturated rings. The van der Waals surface area contributed by atoms with Crippen LogP contribution in [-0.2, 0) is 7.05 Å². The molecular formula is C31H29N2O+. The highest BCUT2D eigenvalue weighted by molar-refractivity contribution is 6.15. The Hall–Kier alpha value is -3.90. The van der Waals surface area contributed by atoms with E-state index in [1.54, 1.807) is 38.5 Å². The summed E-state index contributed by atoms with van der Waals surface area (Å²) < 4.78 is 92.5. The highest BCUT2D eigenvalue weighted by Gasteiger charge is 2.26. The van der Waals surface area contributed by atoms with Crippen molar-refractivity contribution in [2.24, 2.45) is 7.05 Å². The first-order valence-electron chi connectivity index (χ1n) is 15.8. The number of fused-ring (bicyclic) bond motifs is 3.